The maximum absolute atomic E-state index is 9.42. The average Bonchev–Trinajstić information content (AvgIpc) is 2.84. The number of aliphatic hydroxyl groups is 1. The Morgan fingerprint density at radius 3 is 2.65 bits per heavy atom. The summed E-state index contributed by atoms with van der Waals surface area (Å²) in [6.45, 7) is 5.32. The third-order valence-electron chi connectivity index (χ3n) is 3.40. The van der Waals surface area contributed by atoms with Gasteiger partial charge in [0, 0.05) is 19.6 Å². The second-order valence-corrected chi connectivity index (χ2v) is 4.86. The molecule has 1 saturated heterocycles. The number of anilines is 1. The monoisotopic (exact) mass is 297 g/mol. The number of halogens is 1. The van der Waals surface area contributed by atoms with Crippen molar-refractivity contribution in [2.24, 2.45) is 0 Å². The van der Waals surface area contributed by atoms with E-state index in [-0.39, 0.29) is 11.9 Å². The highest BCUT2D eigenvalue weighted by molar-refractivity contribution is 6.28. The number of hydrogen-bond donors (Lipinski definition) is 1. The molecule has 1 aliphatic heterocycles. The van der Waals surface area contributed by atoms with Gasteiger partial charge in [-0.3, -0.25) is 0 Å². The van der Waals surface area contributed by atoms with Crippen LogP contribution >= 0.6 is 11.6 Å². The Labute approximate surface area is 121 Å². The number of imidazole rings is 1. The van der Waals surface area contributed by atoms with E-state index in [1.165, 1.54) is 0 Å². The van der Waals surface area contributed by atoms with Gasteiger partial charge in [0.25, 0.3) is 0 Å². The zero-order valence-electron chi connectivity index (χ0n) is 11.2. The van der Waals surface area contributed by atoms with Crippen LogP contribution in [0.1, 0.15) is 12.7 Å². The van der Waals surface area contributed by atoms with Gasteiger partial charge in [-0.2, -0.15) is 9.97 Å². The molecule has 108 valence electrons. The molecule has 20 heavy (non-hydrogen) atoms. The highest BCUT2D eigenvalue weighted by atomic mass is 35.5. The van der Waals surface area contributed by atoms with E-state index in [2.05, 4.69) is 19.9 Å². The summed E-state index contributed by atoms with van der Waals surface area (Å²) in [4.78, 5) is 15.1. The normalized spacial score (nSPS) is 16.1. The molecule has 0 bridgehead atoms. The smallest absolute Gasteiger partial charge is 0.226 e. The van der Waals surface area contributed by atoms with Crippen LogP contribution in [0.2, 0.25) is 5.28 Å². The first-order valence-corrected chi connectivity index (χ1v) is 6.98. The lowest BCUT2D eigenvalue weighted by Gasteiger charge is -2.27. The molecule has 2 aromatic heterocycles. The number of nitrogens with zero attached hydrogens (tertiary/aromatic N) is 5. The fourth-order valence-electron chi connectivity index (χ4n) is 2.45. The van der Waals surface area contributed by atoms with Crippen LogP contribution < -0.4 is 4.90 Å². The maximum Gasteiger partial charge on any atom is 0.226 e. The standard InChI is InChI=1S/C12H16ClN5O2/c1-2-18-8(7-19)14-9-10(15-12(13)16-11(9)18)17-3-5-20-6-4-17/h19H,2-7H2,1H3. The Bertz CT molecular complexity index is 624. The molecule has 3 rings (SSSR count). The second-order valence-electron chi connectivity index (χ2n) is 4.52. The minimum absolute atomic E-state index is 0.135. The molecule has 0 aliphatic carbocycles. The average molecular weight is 298 g/mol. The molecule has 0 unspecified atom stereocenters. The number of aliphatic hydroxyl groups excluding tert-OH is 1. The van der Waals surface area contributed by atoms with E-state index in [0.717, 1.165) is 13.1 Å². The number of ether oxygens (including phenoxy) is 1. The first kappa shape index (κ1) is 13.5. The van der Waals surface area contributed by atoms with Crippen molar-refractivity contribution in [2.45, 2.75) is 20.1 Å². The van der Waals surface area contributed by atoms with Crippen molar-refractivity contribution in [2.75, 3.05) is 31.2 Å². The van der Waals surface area contributed by atoms with E-state index < -0.39 is 0 Å². The lowest BCUT2D eigenvalue weighted by Crippen LogP contribution is -2.37. The quantitative estimate of drug-likeness (QED) is 0.846. The first-order valence-electron chi connectivity index (χ1n) is 6.60. The van der Waals surface area contributed by atoms with E-state index in [1.54, 1.807) is 0 Å². The van der Waals surface area contributed by atoms with Crippen molar-refractivity contribution in [3.8, 4) is 0 Å². The third-order valence-corrected chi connectivity index (χ3v) is 3.57. The van der Waals surface area contributed by atoms with Crippen molar-refractivity contribution in [3.63, 3.8) is 0 Å². The number of rotatable bonds is 3. The third kappa shape index (κ3) is 2.21. The van der Waals surface area contributed by atoms with Crippen LogP contribution in [0.15, 0.2) is 0 Å². The van der Waals surface area contributed by atoms with Gasteiger partial charge in [0.2, 0.25) is 5.28 Å². The largest absolute Gasteiger partial charge is 0.388 e. The Hall–Kier alpha value is -1.44. The molecule has 0 atom stereocenters. The summed E-state index contributed by atoms with van der Waals surface area (Å²) in [5.74, 6) is 1.29. The van der Waals surface area contributed by atoms with Crippen LogP contribution in [-0.4, -0.2) is 50.9 Å². The van der Waals surface area contributed by atoms with Crippen LogP contribution in [0.5, 0.6) is 0 Å². The molecule has 2 aromatic rings. The predicted octanol–water partition coefficient (Wildman–Crippen LogP) is 0.829. The van der Waals surface area contributed by atoms with Gasteiger partial charge in [0.15, 0.2) is 17.0 Å². The lowest BCUT2D eigenvalue weighted by molar-refractivity contribution is 0.122. The van der Waals surface area contributed by atoms with E-state index in [0.29, 0.717) is 42.6 Å². The molecule has 0 saturated carbocycles. The van der Waals surface area contributed by atoms with Gasteiger partial charge in [-0.15, -0.1) is 0 Å². The highest BCUT2D eigenvalue weighted by Gasteiger charge is 2.21. The van der Waals surface area contributed by atoms with Gasteiger partial charge in [-0.25, -0.2) is 4.98 Å². The molecule has 8 heteroatoms. The molecule has 1 fully saturated rings. The van der Waals surface area contributed by atoms with Gasteiger partial charge in [0.05, 0.1) is 13.2 Å². The molecule has 0 spiro atoms. The summed E-state index contributed by atoms with van der Waals surface area (Å²) in [5.41, 5.74) is 1.35. The van der Waals surface area contributed by atoms with Gasteiger partial charge in [-0.05, 0) is 18.5 Å². The highest BCUT2D eigenvalue weighted by Crippen LogP contribution is 2.26. The van der Waals surface area contributed by atoms with Crippen LogP contribution in [0, 0.1) is 0 Å². The second kappa shape index (κ2) is 5.51. The summed E-state index contributed by atoms with van der Waals surface area (Å²) < 4.78 is 7.21. The molecule has 1 aliphatic rings. The van der Waals surface area contributed by atoms with Crippen molar-refractivity contribution in [1.29, 1.82) is 0 Å². The molecule has 0 aromatic carbocycles. The number of aromatic nitrogens is 4. The van der Waals surface area contributed by atoms with Gasteiger partial charge < -0.3 is 19.3 Å². The summed E-state index contributed by atoms with van der Waals surface area (Å²) in [6.07, 6.45) is 0. The fraction of sp³-hybridized carbons (Fsp3) is 0.583. The zero-order valence-corrected chi connectivity index (χ0v) is 12.0. The van der Waals surface area contributed by atoms with Crippen LogP contribution in [0.4, 0.5) is 5.82 Å². The minimum atomic E-state index is -0.135. The molecule has 0 radical (unpaired) electrons. The lowest BCUT2D eigenvalue weighted by atomic mass is 10.4. The molecular formula is C12H16ClN5O2. The number of hydrogen-bond acceptors (Lipinski definition) is 6. The van der Waals surface area contributed by atoms with Crippen molar-refractivity contribution >= 4 is 28.6 Å². The van der Waals surface area contributed by atoms with Crippen molar-refractivity contribution < 1.29 is 9.84 Å². The van der Waals surface area contributed by atoms with Crippen LogP contribution in [0.25, 0.3) is 11.2 Å². The Morgan fingerprint density at radius 2 is 2.00 bits per heavy atom. The minimum Gasteiger partial charge on any atom is -0.388 e. The molecular weight excluding hydrogens is 282 g/mol. The Kier molecular flexibility index (Phi) is 3.73. The van der Waals surface area contributed by atoms with E-state index in [1.807, 2.05) is 11.5 Å². The first-order chi connectivity index (χ1) is 9.74. The SMILES string of the molecule is CCn1c(CO)nc2c(N3CCOCC3)nc(Cl)nc21. The van der Waals surface area contributed by atoms with Crippen LogP contribution in [0.3, 0.4) is 0 Å². The van der Waals surface area contributed by atoms with Gasteiger partial charge >= 0.3 is 0 Å². The number of morpholine rings is 1. The number of aryl methyl sites for hydroxylation is 1. The van der Waals surface area contributed by atoms with Crippen LogP contribution in [-0.2, 0) is 17.9 Å². The molecule has 0 amide bonds. The van der Waals surface area contributed by atoms with E-state index in [4.69, 9.17) is 16.3 Å². The van der Waals surface area contributed by atoms with Gasteiger partial charge in [-0.1, -0.05) is 0 Å². The summed E-state index contributed by atoms with van der Waals surface area (Å²) in [6, 6.07) is 0. The Morgan fingerprint density at radius 1 is 1.25 bits per heavy atom. The van der Waals surface area contributed by atoms with Crippen molar-refractivity contribution in [1.82, 2.24) is 19.5 Å². The van der Waals surface area contributed by atoms with Crippen molar-refractivity contribution in [3.05, 3.63) is 11.1 Å². The number of fused-ring (bicyclic) bond motifs is 1. The predicted molar refractivity (Wildman–Crippen MR) is 75.0 cm³/mol. The summed E-state index contributed by atoms with van der Waals surface area (Å²) in [5, 5.41) is 9.62. The van der Waals surface area contributed by atoms with Gasteiger partial charge in [0.1, 0.15) is 12.4 Å². The summed E-state index contributed by atoms with van der Waals surface area (Å²) >= 11 is 6.04. The summed E-state index contributed by atoms with van der Waals surface area (Å²) in [7, 11) is 0. The topological polar surface area (TPSA) is 76.3 Å². The van der Waals surface area contributed by atoms with E-state index in [9.17, 15) is 5.11 Å². The molecule has 1 N–H and O–H groups in total. The molecule has 7 nitrogen and oxygen atoms in total. The maximum atomic E-state index is 9.42. The molecule has 3 heterocycles. The Balaban J connectivity index is 2.18. The van der Waals surface area contributed by atoms with E-state index >= 15 is 0 Å². The fourth-order valence-corrected chi connectivity index (χ4v) is 2.61. The zero-order chi connectivity index (χ0) is 14.1.